The van der Waals surface area contributed by atoms with Gasteiger partial charge in [0.15, 0.2) is 5.65 Å². The molecular formula is C22H21FN4O3S. The van der Waals surface area contributed by atoms with Gasteiger partial charge < -0.3 is 14.8 Å². The summed E-state index contributed by atoms with van der Waals surface area (Å²) in [4.78, 5) is 19.0. The maximum Gasteiger partial charge on any atom is 0.256 e. The van der Waals surface area contributed by atoms with Crippen molar-refractivity contribution in [3.8, 4) is 16.3 Å². The van der Waals surface area contributed by atoms with Crippen LogP contribution in [0.1, 0.15) is 16.1 Å². The molecule has 0 radical (unpaired) electrons. The number of aryl methyl sites for hydroxylation is 2. The Labute approximate surface area is 182 Å². The molecule has 0 aliphatic heterocycles. The number of hydrogen-bond acceptors (Lipinski definition) is 6. The van der Waals surface area contributed by atoms with Crippen LogP contribution in [-0.4, -0.2) is 41.0 Å². The second-order valence-electron chi connectivity index (χ2n) is 6.88. The Morgan fingerprint density at radius 2 is 2.10 bits per heavy atom. The molecule has 4 aromatic rings. The van der Waals surface area contributed by atoms with Crippen LogP contribution in [0, 0.1) is 12.7 Å². The zero-order chi connectivity index (χ0) is 22.0. The molecule has 0 saturated heterocycles. The number of carbonyl (C=O) groups excluding carboxylic acids is 1. The third-order valence-corrected chi connectivity index (χ3v) is 5.61. The van der Waals surface area contributed by atoms with E-state index in [1.165, 1.54) is 29.5 Å². The first-order valence-electron chi connectivity index (χ1n) is 9.59. The van der Waals surface area contributed by atoms with Crippen LogP contribution in [-0.2, 0) is 11.8 Å². The molecule has 7 nitrogen and oxygen atoms in total. The molecule has 0 unspecified atom stereocenters. The van der Waals surface area contributed by atoms with Gasteiger partial charge in [0.05, 0.1) is 39.5 Å². The number of methoxy groups -OCH3 is 1. The number of ether oxygens (including phenoxy) is 2. The molecule has 9 heteroatoms. The van der Waals surface area contributed by atoms with Crippen molar-refractivity contribution in [2.75, 3.05) is 25.6 Å². The molecule has 4 rings (SSSR count). The van der Waals surface area contributed by atoms with Gasteiger partial charge >= 0.3 is 0 Å². The lowest BCUT2D eigenvalue weighted by atomic mass is 10.1. The molecule has 160 valence electrons. The first-order chi connectivity index (χ1) is 15.0. The van der Waals surface area contributed by atoms with Crippen LogP contribution in [0.2, 0.25) is 0 Å². The normalized spacial score (nSPS) is 11.1. The van der Waals surface area contributed by atoms with E-state index < -0.39 is 11.7 Å². The second kappa shape index (κ2) is 8.83. The minimum atomic E-state index is -0.480. The summed E-state index contributed by atoms with van der Waals surface area (Å²) >= 11 is 1.53. The van der Waals surface area contributed by atoms with Gasteiger partial charge in [-0.05, 0) is 36.6 Å². The number of aromatic nitrogens is 3. The number of thiophene rings is 1. The molecule has 3 aromatic heterocycles. The zero-order valence-corrected chi connectivity index (χ0v) is 18.1. The first kappa shape index (κ1) is 21.0. The Kier molecular flexibility index (Phi) is 5.97. The van der Waals surface area contributed by atoms with E-state index in [9.17, 15) is 9.18 Å². The molecule has 0 fully saturated rings. The van der Waals surface area contributed by atoms with Gasteiger partial charge in [-0.1, -0.05) is 6.07 Å². The summed E-state index contributed by atoms with van der Waals surface area (Å²) in [7, 11) is 3.35. The van der Waals surface area contributed by atoms with Crippen molar-refractivity contribution in [1.82, 2.24) is 14.8 Å². The highest BCUT2D eigenvalue weighted by molar-refractivity contribution is 7.13. The number of nitrogens with zero attached hydrogens (tertiary/aromatic N) is 3. The number of amides is 1. The fourth-order valence-electron chi connectivity index (χ4n) is 3.32. The van der Waals surface area contributed by atoms with Crippen LogP contribution in [0.15, 0.2) is 41.8 Å². The third kappa shape index (κ3) is 4.28. The van der Waals surface area contributed by atoms with Crippen molar-refractivity contribution in [2.45, 2.75) is 6.92 Å². The fraction of sp³-hybridized carbons (Fsp3) is 0.227. The SMILES string of the molecule is COCCOc1ccc(F)cc1NC(=O)c1cc(-c2cccs2)nc2c1c(C)nn2C. The molecule has 0 bridgehead atoms. The summed E-state index contributed by atoms with van der Waals surface area (Å²) in [6, 6.07) is 9.60. The summed E-state index contributed by atoms with van der Waals surface area (Å²) in [5, 5.41) is 9.81. The topological polar surface area (TPSA) is 78.3 Å². The smallest absolute Gasteiger partial charge is 0.256 e. The summed E-state index contributed by atoms with van der Waals surface area (Å²) in [5.74, 6) is -0.520. The number of carbonyl (C=O) groups is 1. The van der Waals surface area contributed by atoms with Crippen LogP contribution in [0.4, 0.5) is 10.1 Å². The molecule has 0 saturated carbocycles. The molecular weight excluding hydrogens is 419 g/mol. The predicted octanol–water partition coefficient (Wildman–Crippen LogP) is 4.42. The van der Waals surface area contributed by atoms with Crippen LogP contribution in [0.25, 0.3) is 21.6 Å². The fourth-order valence-corrected chi connectivity index (χ4v) is 4.01. The van der Waals surface area contributed by atoms with Crippen LogP contribution >= 0.6 is 11.3 Å². The maximum atomic E-state index is 13.9. The van der Waals surface area contributed by atoms with E-state index in [1.807, 2.05) is 24.4 Å². The van der Waals surface area contributed by atoms with E-state index in [4.69, 9.17) is 14.5 Å². The number of hydrogen-bond donors (Lipinski definition) is 1. The van der Waals surface area contributed by atoms with E-state index in [-0.39, 0.29) is 12.3 Å². The number of pyridine rings is 1. The van der Waals surface area contributed by atoms with Gasteiger partial charge in [-0.3, -0.25) is 9.48 Å². The van der Waals surface area contributed by atoms with Crippen LogP contribution in [0.5, 0.6) is 5.75 Å². The van der Waals surface area contributed by atoms with Gasteiger partial charge in [-0.15, -0.1) is 11.3 Å². The monoisotopic (exact) mass is 440 g/mol. The van der Waals surface area contributed by atoms with Crippen molar-refractivity contribution in [3.05, 3.63) is 58.9 Å². The van der Waals surface area contributed by atoms with Crippen molar-refractivity contribution in [1.29, 1.82) is 0 Å². The summed E-state index contributed by atoms with van der Waals surface area (Å²) in [6.45, 7) is 2.47. The molecule has 1 N–H and O–H groups in total. The number of rotatable bonds is 7. The lowest BCUT2D eigenvalue weighted by molar-refractivity contribution is 0.102. The molecule has 0 aliphatic rings. The number of benzene rings is 1. The number of halogens is 1. The van der Waals surface area contributed by atoms with E-state index in [1.54, 1.807) is 24.9 Å². The van der Waals surface area contributed by atoms with E-state index in [2.05, 4.69) is 10.4 Å². The zero-order valence-electron chi connectivity index (χ0n) is 17.3. The van der Waals surface area contributed by atoms with Crippen molar-refractivity contribution in [2.24, 2.45) is 7.05 Å². The summed E-state index contributed by atoms with van der Waals surface area (Å²) in [5.41, 5.74) is 2.61. The summed E-state index contributed by atoms with van der Waals surface area (Å²) < 4.78 is 26.2. The Bertz CT molecular complexity index is 1240. The van der Waals surface area contributed by atoms with Gasteiger partial charge in [0.25, 0.3) is 5.91 Å². The van der Waals surface area contributed by atoms with E-state index in [0.717, 1.165) is 4.88 Å². The predicted molar refractivity (Wildman–Crippen MR) is 118 cm³/mol. The first-order valence-corrected chi connectivity index (χ1v) is 10.5. The van der Waals surface area contributed by atoms with Gasteiger partial charge in [-0.2, -0.15) is 5.10 Å². The summed E-state index contributed by atoms with van der Waals surface area (Å²) in [6.07, 6.45) is 0. The average molecular weight is 441 g/mol. The largest absolute Gasteiger partial charge is 0.489 e. The Morgan fingerprint density at radius 3 is 2.84 bits per heavy atom. The molecule has 3 heterocycles. The Morgan fingerprint density at radius 1 is 1.26 bits per heavy atom. The highest BCUT2D eigenvalue weighted by atomic mass is 32.1. The van der Waals surface area contributed by atoms with Gasteiger partial charge in [0.1, 0.15) is 18.2 Å². The van der Waals surface area contributed by atoms with Gasteiger partial charge in [0.2, 0.25) is 0 Å². The van der Waals surface area contributed by atoms with Crippen molar-refractivity contribution < 1.29 is 18.7 Å². The highest BCUT2D eigenvalue weighted by Crippen LogP contribution is 2.31. The average Bonchev–Trinajstić information content (AvgIpc) is 3.38. The lowest BCUT2D eigenvalue weighted by Gasteiger charge is -2.13. The molecule has 1 aromatic carbocycles. The number of fused-ring (bicyclic) bond motifs is 1. The van der Waals surface area contributed by atoms with E-state index >= 15 is 0 Å². The highest BCUT2D eigenvalue weighted by Gasteiger charge is 2.21. The van der Waals surface area contributed by atoms with Gasteiger partial charge in [-0.25, -0.2) is 9.37 Å². The number of nitrogens with one attached hydrogen (secondary N) is 1. The molecule has 0 spiro atoms. The lowest BCUT2D eigenvalue weighted by Crippen LogP contribution is -2.15. The van der Waals surface area contributed by atoms with Crippen molar-refractivity contribution in [3.63, 3.8) is 0 Å². The van der Waals surface area contributed by atoms with Crippen molar-refractivity contribution >= 4 is 34.0 Å². The molecule has 1 amide bonds. The van der Waals surface area contributed by atoms with Crippen LogP contribution < -0.4 is 10.1 Å². The molecule has 0 aliphatic carbocycles. The quantitative estimate of drug-likeness (QED) is 0.431. The molecule has 31 heavy (non-hydrogen) atoms. The maximum absolute atomic E-state index is 13.9. The standard InChI is InChI=1S/C22H21FN4O3S/c1-13-20-15(12-17(19-5-4-10-31-19)24-21(20)27(2)26-13)22(28)25-16-11-14(23)6-7-18(16)30-9-8-29-3/h4-7,10-12H,8-9H2,1-3H3,(H,25,28). The van der Waals surface area contributed by atoms with E-state index in [0.29, 0.717) is 40.3 Å². The molecule has 0 atom stereocenters. The minimum absolute atomic E-state index is 0.241. The second-order valence-corrected chi connectivity index (χ2v) is 7.82. The Hall–Kier alpha value is -3.30. The minimum Gasteiger partial charge on any atom is -0.489 e. The van der Waals surface area contributed by atoms with Crippen LogP contribution in [0.3, 0.4) is 0 Å². The Balaban J connectivity index is 1.75. The van der Waals surface area contributed by atoms with Gasteiger partial charge in [0, 0.05) is 20.2 Å². The number of anilines is 1. The third-order valence-electron chi connectivity index (χ3n) is 4.72.